The molecule has 0 saturated carbocycles. The molecule has 3 aromatic rings. The highest BCUT2D eigenvalue weighted by molar-refractivity contribution is 5.97. The van der Waals surface area contributed by atoms with E-state index in [9.17, 15) is 14.4 Å². The van der Waals surface area contributed by atoms with Gasteiger partial charge in [-0.05, 0) is 67.3 Å². The first-order valence-corrected chi connectivity index (χ1v) is 11.6. The summed E-state index contributed by atoms with van der Waals surface area (Å²) in [7, 11) is 1.58. The zero-order valence-corrected chi connectivity index (χ0v) is 19.6. The molecule has 1 saturated heterocycles. The average molecular weight is 476 g/mol. The van der Waals surface area contributed by atoms with Gasteiger partial charge in [0.2, 0.25) is 5.91 Å². The van der Waals surface area contributed by atoms with Crippen LogP contribution in [0.1, 0.15) is 39.3 Å². The van der Waals surface area contributed by atoms with Crippen molar-refractivity contribution >= 4 is 17.7 Å². The van der Waals surface area contributed by atoms with Crippen LogP contribution in [0.4, 0.5) is 0 Å². The van der Waals surface area contributed by atoms with E-state index in [0.29, 0.717) is 48.6 Å². The van der Waals surface area contributed by atoms with Crippen molar-refractivity contribution in [1.29, 1.82) is 0 Å². The van der Waals surface area contributed by atoms with Crippen molar-refractivity contribution in [2.24, 2.45) is 5.92 Å². The lowest BCUT2D eigenvalue weighted by Crippen LogP contribution is -2.53. The highest BCUT2D eigenvalue weighted by Gasteiger charge is 2.34. The maximum Gasteiger partial charge on any atom is 0.253 e. The molecule has 35 heavy (non-hydrogen) atoms. The molecule has 1 fully saturated rings. The quantitative estimate of drug-likeness (QED) is 0.521. The second kappa shape index (κ2) is 11.4. The summed E-state index contributed by atoms with van der Waals surface area (Å²) in [5, 5.41) is 5.79. The average Bonchev–Trinajstić information content (AvgIpc) is 3.44. The van der Waals surface area contributed by atoms with Gasteiger partial charge in [-0.1, -0.05) is 18.2 Å². The fourth-order valence-corrected chi connectivity index (χ4v) is 4.26. The molecule has 0 bridgehead atoms. The lowest BCUT2D eigenvalue weighted by molar-refractivity contribution is -0.124. The molecule has 8 heteroatoms. The summed E-state index contributed by atoms with van der Waals surface area (Å²) < 4.78 is 10.5. The summed E-state index contributed by atoms with van der Waals surface area (Å²) in [5.74, 6) is 0.577. The molecule has 0 radical (unpaired) electrons. The second-order valence-corrected chi connectivity index (χ2v) is 8.47. The van der Waals surface area contributed by atoms with E-state index in [4.69, 9.17) is 9.15 Å². The van der Waals surface area contributed by atoms with Gasteiger partial charge >= 0.3 is 0 Å². The number of piperidine rings is 1. The Labute approximate surface area is 204 Å². The Kier molecular flexibility index (Phi) is 7.82. The zero-order chi connectivity index (χ0) is 24.6. The summed E-state index contributed by atoms with van der Waals surface area (Å²) in [6.07, 6.45) is 2.73. The van der Waals surface area contributed by atoms with Gasteiger partial charge in [-0.3, -0.25) is 14.4 Å². The van der Waals surface area contributed by atoms with E-state index >= 15 is 0 Å². The van der Waals surface area contributed by atoms with Crippen LogP contribution in [-0.4, -0.2) is 48.9 Å². The summed E-state index contributed by atoms with van der Waals surface area (Å²) >= 11 is 0. The molecule has 3 amide bonds. The summed E-state index contributed by atoms with van der Waals surface area (Å²) in [6, 6.07) is 18.6. The SMILES string of the molecule is COc1ccc(C(=O)N2CCC([C@@H](NC(=O)c3ccccc3)C(=O)NCc3ccco3)CC2)cc1. The van der Waals surface area contributed by atoms with Crippen molar-refractivity contribution < 1.29 is 23.5 Å². The van der Waals surface area contributed by atoms with Crippen LogP contribution in [0.2, 0.25) is 0 Å². The Morgan fingerprint density at radius 2 is 1.69 bits per heavy atom. The van der Waals surface area contributed by atoms with Crippen LogP contribution < -0.4 is 15.4 Å². The molecule has 1 aromatic heterocycles. The third-order valence-electron chi connectivity index (χ3n) is 6.26. The number of likely N-dealkylation sites (tertiary alicyclic amines) is 1. The normalized spacial score (nSPS) is 14.7. The molecule has 8 nitrogen and oxygen atoms in total. The minimum Gasteiger partial charge on any atom is -0.497 e. The third kappa shape index (κ3) is 6.09. The van der Waals surface area contributed by atoms with E-state index in [-0.39, 0.29) is 30.2 Å². The van der Waals surface area contributed by atoms with Crippen molar-refractivity contribution in [2.75, 3.05) is 20.2 Å². The van der Waals surface area contributed by atoms with Crippen LogP contribution in [0, 0.1) is 5.92 Å². The molecule has 2 heterocycles. The Hall–Kier alpha value is -4.07. The van der Waals surface area contributed by atoms with Gasteiger partial charge in [0.1, 0.15) is 17.6 Å². The van der Waals surface area contributed by atoms with E-state index in [1.54, 1.807) is 78.9 Å². The molecule has 4 rings (SSSR count). The van der Waals surface area contributed by atoms with Gasteiger partial charge < -0.3 is 24.7 Å². The standard InChI is InChI=1S/C27H29N3O5/c1-34-22-11-9-21(10-12-22)27(33)30-15-13-19(14-16-30)24(26(32)28-18-23-8-5-17-35-23)29-25(31)20-6-3-2-4-7-20/h2-12,17,19,24H,13-16,18H2,1H3,(H,28,32)(H,29,31)/t24-/m1/s1. The van der Waals surface area contributed by atoms with E-state index in [2.05, 4.69) is 10.6 Å². The van der Waals surface area contributed by atoms with E-state index < -0.39 is 6.04 Å². The minimum absolute atomic E-state index is 0.0572. The van der Waals surface area contributed by atoms with Gasteiger partial charge in [0, 0.05) is 24.2 Å². The number of nitrogens with one attached hydrogen (secondary N) is 2. The number of hydrogen-bond donors (Lipinski definition) is 2. The smallest absolute Gasteiger partial charge is 0.253 e. The number of carbonyl (C=O) groups excluding carboxylic acids is 3. The third-order valence-corrected chi connectivity index (χ3v) is 6.26. The van der Waals surface area contributed by atoms with Crippen LogP contribution in [0.3, 0.4) is 0 Å². The maximum absolute atomic E-state index is 13.1. The van der Waals surface area contributed by atoms with E-state index in [1.807, 2.05) is 6.07 Å². The maximum atomic E-state index is 13.1. The largest absolute Gasteiger partial charge is 0.497 e. The first-order chi connectivity index (χ1) is 17.0. The molecular weight excluding hydrogens is 446 g/mol. The highest BCUT2D eigenvalue weighted by atomic mass is 16.5. The van der Waals surface area contributed by atoms with Crippen LogP contribution >= 0.6 is 0 Å². The molecule has 2 N–H and O–H groups in total. The number of hydrogen-bond acceptors (Lipinski definition) is 5. The minimum atomic E-state index is -0.726. The summed E-state index contributed by atoms with van der Waals surface area (Å²) in [6.45, 7) is 1.23. The van der Waals surface area contributed by atoms with Crippen LogP contribution in [0.5, 0.6) is 5.75 Å². The number of benzene rings is 2. The number of furan rings is 1. The van der Waals surface area contributed by atoms with Crippen molar-refractivity contribution in [3.63, 3.8) is 0 Å². The lowest BCUT2D eigenvalue weighted by atomic mass is 9.88. The van der Waals surface area contributed by atoms with Gasteiger partial charge in [-0.25, -0.2) is 0 Å². The number of carbonyl (C=O) groups is 3. The molecule has 0 spiro atoms. The van der Waals surface area contributed by atoms with Gasteiger partial charge in [0.25, 0.3) is 11.8 Å². The Bertz CT molecular complexity index is 1120. The topological polar surface area (TPSA) is 101 Å². The lowest BCUT2D eigenvalue weighted by Gasteiger charge is -2.36. The van der Waals surface area contributed by atoms with Crippen LogP contribution in [-0.2, 0) is 11.3 Å². The molecule has 1 atom stereocenters. The van der Waals surface area contributed by atoms with Gasteiger partial charge in [-0.2, -0.15) is 0 Å². The monoisotopic (exact) mass is 475 g/mol. The fourth-order valence-electron chi connectivity index (χ4n) is 4.26. The molecule has 0 aliphatic carbocycles. The number of rotatable bonds is 8. The summed E-state index contributed by atoms with van der Waals surface area (Å²) in [5.41, 5.74) is 1.08. The number of amides is 3. The first-order valence-electron chi connectivity index (χ1n) is 11.6. The second-order valence-electron chi connectivity index (χ2n) is 8.47. The molecule has 1 aliphatic rings. The Morgan fingerprint density at radius 1 is 0.971 bits per heavy atom. The van der Waals surface area contributed by atoms with Gasteiger partial charge in [0.15, 0.2) is 0 Å². The number of methoxy groups -OCH3 is 1. The van der Waals surface area contributed by atoms with Gasteiger partial charge in [0.05, 0.1) is 19.9 Å². The highest BCUT2D eigenvalue weighted by Crippen LogP contribution is 2.24. The van der Waals surface area contributed by atoms with Crippen molar-refractivity contribution in [3.8, 4) is 5.75 Å². The number of ether oxygens (including phenoxy) is 1. The van der Waals surface area contributed by atoms with E-state index in [0.717, 1.165) is 0 Å². The molecule has 182 valence electrons. The zero-order valence-electron chi connectivity index (χ0n) is 19.6. The van der Waals surface area contributed by atoms with Gasteiger partial charge in [-0.15, -0.1) is 0 Å². The van der Waals surface area contributed by atoms with Crippen LogP contribution in [0.15, 0.2) is 77.4 Å². The van der Waals surface area contributed by atoms with Crippen LogP contribution in [0.25, 0.3) is 0 Å². The first kappa shape index (κ1) is 24.1. The Morgan fingerprint density at radius 3 is 2.31 bits per heavy atom. The molecule has 0 unspecified atom stereocenters. The van der Waals surface area contributed by atoms with Crippen molar-refractivity contribution in [3.05, 3.63) is 89.9 Å². The van der Waals surface area contributed by atoms with Crippen molar-refractivity contribution in [1.82, 2.24) is 15.5 Å². The molecule has 2 aromatic carbocycles. The predicted octanol–water partition coefficient (Wildman–Crippen LogP) is 3.26. The molecular formula is C27H29N3O5. The molecule has 1 aliphatic heterocycles. The Balaban J connectivity index is 1.42. The fraction of sp³-hybridized carbons (Fsp3) is 0.296. The van der Waals surface area contributed by atoms with E-state index in [1.165, 1.54) is 0 Å². The summed E-state index contributed by atoms with van der Waals surface area (Å²) in [4.78, 5) is 40.7. The number of nitrogens with zero attached hydrogens (tertiary/aromatic N) is 1. The predicted molar refractivity (Wildman–Crippen MR) is 130 cm³/mol. The van der Waals surface area contributed by atoms with Crippen molar-refractivity contribution in [2.45, 2.75) is 25.4 Å².